The lowest BCUT2D eigenvalue weighted by Gasteiger charge is -2.25. The van der Waals surface area contributed by atoms with Crippen molar-refractivity contribution in [3.05, 3.63) is 30.6 Å². The molecule has 8 nitrogen and oxygen atoms in total. The fourth-order valence-corrected chi connectivity index (χ4v) is 9.71. The summed E-state index contributed by atoms with van der Waals surface area (Å²) in [4.78, 5) is 33.0. The van der Waals surface area contributed by atoms with Crippen LogP contribution in [0.15, 0.2) is 30.6 Å². The van der Waals surface area contributed by atoms with Crippen LogP contribution < -0.4 is 0 Å². The van der Waals surface area contributed by atoms with Crippen LogP contribution in [0.1, 0.15) is 278 Å². The maximum Gasteiger partial charge on any atom is 0.306 e. The molecule has 0 aliphatic heterocycles. The van der Waals surface area contributed by atoms with Crippen LogP contribution >= 0.6 is 0 Å². The van der Waals surface area contributed by atoms with E-state index >= 15 is 0 Å². The van der Waals surface area contributed by atoms with E-state index in [0.29, 0.717) is 19.4 Å². The highest BCUT2D eigenvalue weighted by atomic mass is 16.5. The molecule has 0 radical (unpaired) electrons. The maximum atomic E-state index is 13.0. The number of esters is 2. The summed E-state index contributed by atoms with van der Waals surface area (Å²) in [6.45, 7) is 12.3. The smallest absolute Gasteiger partial charge is 0.306 e. The molecule has 388 valence electrons. The molecular weight excluding hydrogens is 831 g/mol. The summed E-state index contributed by atoms with van der Waals surface area (Å²) in [5.41, 5.74) is 2.16. The summed E-state index contributed by atoms with van der Waals surface area (Å²) in [5.74, 6) is -0.0350. The number of aliphatic hydroxyl groups is 1. The molecule has 1 N–H and O–H groups in total. The first kappa shape index (κ1) is 60.7. The van der Waals surface area contributed by atoms with E-state index in [0.717, 1.165) is 127 Å². The van der Waals surface area contributed by atoms with Gasteiger partial charge in [0.05, 0.1) is 23.5 Å². The Kier molecular flexibility index (Phi) is 39.4. The Bertz CT molecular complexity index is 1380. The lowest BCUT2D eigenvalue weighted by atomic mass is 10.0. The lowest BCUT2D eigenvalue weighted by molar-refractivity contribution is -0.151. The Labute approximate surface area is 413 Å². The van der Waals surface area contributed by atoms with Crippen molar-refractivity contribution in [2.24, 2.45) is 0 Å². The number of aromatic nitrogens is 2. The molecule has 67 heavy (non-hydrogen) atoms. The zero-order valence-corrected chi connectivity index (χ0v) is 44.4. The molecular formula is C59H107N3O5. The SMILES string of the molecule is CCCCCCCCC(CCCCCCCC)OC(=O)CCCCCCCN(CCn1cnc2ccccc21)CC(O)CCCCCC(=O)OC(CCCCCCCC)CCCCCCCC. The van der Waals surface area contributed by atoms with Gasteiger partial charge in [0.25, 0.3) is 0 Å². The molecule has 1 aromatic heterocycles. The minimum Gasteiger partial charge on any atom is -0.462 e. The number of nitrogens with zero attached hydrogens (tertiary/aromatic N) is 3. The number of benzene rings is 1. The number of unbranched alkanes of at least 4 members (excludes halogenated alkanes) is 26. The average Bonchev–Trinajstić information content (AvgIpc) is 3.74. The van der Waals surface area contributed by atoms with E-state index in [1.807, 2.05) is 12.4 Å². The summed E-state index contributed by atoms with van der Waals surface area (Å²) >= 11 is 0. The lowest BCUT2D eigenvalue weighted by Crippen LogP contribution is -2.35. The van der Waals surface area contributed by atoms with Crippen LogP contribution in [0.2, 0.25) is 0 Å². The summed E-state index contributed by atoms with van der Waals surface area (Å²) in [6.07, 6.45) is 45.8. The summed E-state index contributed by atoms with van der Waals surface area (Å²) in [5, 5.41) is 11.3. The van der Waals surface area contributed by atoms with Crippen molar-refractivity contribution in [2.45, 2.75) is 303 Å². The molecule has 2 aromatic rings. The highest BCUT2D eigenvalue weighted by Crippen LogP contribution is 2.21. The van der Waals surface area contributed by atoms with Crippen molar-refractivity contribution < 1.29 is 24.2 Å². The van der Waals surface area contributed by atoms with Gasteiger partial charge in [-0.05, 0) is 95.7 Å². The largest absolute Gasteiger partial charge is 0.462 e. The van der Waals surface area contributed by atoms with Crippen LogP contribution in [0, 0.1) is 0 Å². The minimum atomic E-state index is -0.400. The fraction of sp³-hybridized carbons (Fsp3) is 0.847. The standard InChI is InChI=1S/C59H107N3O5/c1-5-9-13-17-22-30-40-54(41-31-23-18-14-10-6-2)66-58(64)46-34-26-21-27-38-48-61(49-50-62-52-60-56-44-36-37-45-57(56)62)51-53(63)39-29-28-35-47-59(65)67-55(42-32-24-19-15-11-7-3)43-33-25-20-16-12-8-4/h36-37,44-45,52-55,63H,5-35,38-43,46-51H2,1-4H3. The second-order valence-corrected chi connectivity index (χ2v) is 20.4. The first-order valence-electron chi connectivity index (χ1n) is 29.1. The van der Waals surface area contributed by atoms with E-state index in [9.17, 15) is 14.7 Å². The number of hydrogen-bond donors (Lipinski definition) is 1. The Balaban J connectivity index is 1.76. The van der Waals surface area contributed by atoms with Gasteiger partial charge in [-0.15, -0.1) is 0 Å². The molecule has 0 bridgehead atoms. The fourth-order valence-electron chi connectivity index (χ4n) is 9.71. The molecule has 0 saturated carbocycles. The van der Waals surface area contributed by atoms with Gasteiger partial charge < -0.3 is 19.1 Å². The highest BCUT2D eigenvalue weighted by Gasteiger charge is 2.17. The molecule has 0 fully saturated rings. The van der Waals surface area contributed by atoms with Crippen molar-refractivity contribution in [2.75, 3.05) is 19.6 Å². The number of aliphatic hydroxyl groups excluding tert-OH is 1. The number of rotatable bonds is 49. The second-order valence-electron chi connectivity index (χ2n) is 20.4. The van der Waals surface area contributed by atoms with Gasteiger partial charge in [-0.1, -0.05) is 200 Å². The van der Waals surface area contributed by atoms with Crippen molar-refractivity contribution in [3.8, 4) is 0 Å². The molecule has 0 spiro atoms. The van der Waals surface area contributed by atoms with Crippen LogP contribution in [0.4, 0.5) is 0 Å². The molecule has 0 amide bonds. The molecule has 0 aliphatic rings. The Morgan fingerprint density at radius 2 is 0.896 bits per heavy atom. The predicted molar refractivity (Wildman–Crippen MR) is 285 cm³/mol. The molecule has 0 saturated heterocycles. The third kappa shape index (κ3) is 33.7. The Hall–Kier alpha value is -2.45. The van der Waals surface area contributed by atoms with E-state index in [-0.39, 0.29) is 24.1 Å². The summed E-state index contributed by atoms with van der Waals surface area (Å²) in [7, 11) is 0. The average molecular weight is 939 g/mol. The Morgan fingerprint density at radius 1 is 0.507 bits per heavy atom. The number of para-hydroxylation sites is 2. The maximum absolute atomic E-state index is 13.0. The first-order chi connectivity index (χ1) is 32.9. The summed E-state index contributed by atoms with van der Waals surface area (Å²) in [6, 6.07) is 8.29. The quantitative estimate of drug-likeness (QED) is 0.0522. The molecule has 1 atom stereocenters. The van der Waals surface area contributed by atoms with Crippen molar-refractivity contribution in [1.29, 1.82) is 0 Å². The highest BCUT2D eigenvalue weighted by molar-refractivity contribution is 5.74. The predicted octanol–water partition coefficient (Wildman–Crippen LogP) is 16.8. The number of carbonyl (C=O) groups is 2. The third-order valence-electron chi connectivity index (χ3n) is 14.0. The molecule has 8 heteroatoms. The minimum absolute atomic E-state index is 0.000307. The monoisotopic (exact) mass is 938 g/mol. The van der Waals surface area contributed by atoms with Crippen LogP contribution in [-0.4, -0.2) is 69.4 Å². The topological polar surface area (TPSA) is 93.9 Å². The van der Waals surface area contributed by atoms with Gasteiger partial charge in [-0.2, -0.15) is 0 Å². The van der Waals surface area contributed by atoms with E-state index in [4.69, 9.17) is 9.47 Å². The normalized spacial score (nSPS) is 12.3. The van der Waals surface area contributed by atoms with Gasteiger partial charge in [-0.3, -0.25) is 14.5 Å². The second kappa shape index (κ2) is 43.6. The number of hydrogen-bond acceptors (Lipinski definition) is 7. The Morgan fingerprint density at radius 3 is 1.37 bits per heavy atom. The summed E-state index contributed by atoms with van der Waals surface area (Å²) < 4.78 is 14.4. The van der Waals surface area contributed by atoms with Gasteiger partial charge in [0.1, 0.15) is 12.2 Å². The zero-order valence-electron chi connectivity index (χ0n) is 44.4. The van der Waals surface area contributed by atoms with E-state index in [1.165, 1.54) is 141 Å². The van der Waals surface area contributed by atoms with Crippen molar-refractivity contribution in [1.82, 2.24) is 14.5 Å². The molecule has 1 heterocycles. The van der Waals surface area contributed by atoms with Crippen LogP contribution in [0.5, 0.6) is 0 Å². The van der Waals surface area contributed by atoms with Gasteiger partial charge in [0.2, 0.25) is 0 Å². The molecule has 1 unspecified atom stereocenters. The molecule has 1 aromatic carbocycles. The number of fused-ring (bicyclic) bond motifs is 1. The van der Waals surface area contributed by atoms with Crippen LogP contribution in [0.3, 0.4) is 0 Å². The molecule has 0 aliphatic carbocycles. The first-order valence-corrected chi connectivity index (χ1v) is 29.1. The number of imidazole rings is 1. The van der Waals surface area contributed by atoms with Crippen molar-refractivity contribution >= 4 is 23.0 Å². The third-order valence-corrected chi connectivity index (χ3v) is 14.0. The zero-order chi connectivity index (χ0) is 48.3. The molecule has 2 rings (SSSR count). The van der Waals surface area contributed by atoms with E-state index < -0.39 is 6.10 Å². The number of ether oxygens (including phenoxy) is 2. The van der Waals surface area contributed by atoms with Gasteiger partial charge >= 0.3 is 11.9 Å². The van der Waals surface area contributed by atoms with E-state index in [2.05, 4.69) is 60.3 Å². The van der Waals surface area contributed by atoms with Gasteiger partial charge in [0, 0.05) is 32.5 Å². The van der Waals surface area contributed by atoms with Crippen LogP contribution in [-0.2, 0) is 25.6 Å². The number of carbonyl (C=O) groups excluding carboxylic acids is 2. The van der Waals surface area contributed by atoms with Crippen LogP contribution in [0.25, 0.3) is 11.0 Å². The van der Waals surface area contributed by atoms with Gasteiger partial charge in [0.15, 0.2) is 0 Å². The van der Waals surface area contributed by atoms with Gasteiger partial charge in [-0.25, -0.2) is 4.98 Å². The van der Waals surface area contributed by atoms with E-state index in [1.54, 1.807) is 0 Å². The van der Waals surface area contributed by atoms with Crippen molar-refractivity contribution in [3.63, 3.8) is 0 Å².